The van der Waals surface area contributed by atoms with Crippen molar-refractivity contribution >= 4 is 5.97 Å². The predicted octanol–water partition coefficient (Wildman–Crippen LogP) is 1.96. The van der Waals surface area contributed by atoms with Crippen molar-refractivity contribution in [3.63, 3.8) is 0 Å². The van der Waals surface area contributed by atoms with Crippen LogP contribution in [-0.4, -0.2) is 24.7 Å². The molecule has 1 aliphatic heterocycles. The first-order valence-corrected chi connectivity index (χ1v) is 5.94. The van der Waals surface area contributed by atoms with Crippen LogP contribution in [0.15, 0.2) is 0 Å². The van der Waals surface area contributed by atoms with Crippen LogP contribution in [0, 0.1) is 11.8 Å². The molecule has 0 saturated carbocycles. The molecule has 0 spiro atoms. The Hall–Kier alpha value is -0.570. The summed E-state index contributed by atoms with van der Waals surface area (Å²) in [6.45, 7) is 9.20. The van der Waals surface area contributed by atoms with E-state index in [1.165, 1.54) is 0 Å². The number of piperidine rings is 1. The Bertz CT molecular complexity index is 216. The fourth-order valence-corrected chi connectivity index (χ4v) is 1.69. The first kappa shape index (κ1) is 12.5. The normalized spacial score (nSPS) is 28.9. The van der Waals surface area contributed by atoms with Crippen LogP contribution in [0.2, 0.25) is 0 Å². The zero-order chi connectivity index (χ0) is 11.4. The van der Waals surface area contributed by atoms with Crippen molar-refractivity contribution < 1.29 is 9.53 Å². The van der Waals surface area contributed by atoms with Crippen LogP contribution < -0.4 is 5.32 Å². The Morgan fingerprint density at radius 1 is 1.40 bits per heavy atom. The number of nitrogens with one attached hydrogen (secondary N) is 1. The van der Waals surface area contributed by atoms with Gasteiger partial charge in [-0.2, -0.15) is 0 Å². The number of hydrogen-bond donors (Lipinski definition) is 1. The molecule has 1 N–H and O–H groups in total. The quantitative estimate of drug-likeness (QED) is 0.728. The van der Waals surface area contributed by atoms with Gasteiger partial charge in [0.05, 0.1) is 0 Å². The highest BCUT2D eigenvalue weighted by Crippen LogP contribution is 2.17. The van der Waals surface area contributed by atoms with E-state index >= 15 is 0 Å². The third-order valence-corrected chi connectivity index (χ3v) is 3.19. The molecule has 88 valence electrons. The Labute approximate surface area is 92.6 Å². The van der Waals surface area contributed by atoms with Gasteiger partial charge in [-0.3, -0.25) is 4.79 Å². The lowest BCUT2D eigenvalue weighted by molar-refractivity contribution is -0.153. The second-order valence-electron chi connectivity index (χ2n) is 5.02. The summed E-state index contributed by atoms with van der Waals surface area (Å²) in [6.07, 6.45) is 2.07. The van der Waals surface area contributed by atoms with Gasteiger partial charge in [-0.05, 0) is 38.1 Å². The van der Waals surface area contributed by atoms with Gasteiger partial charge in [-0.25, -0.2) is 0 Å². The summed E-state index contributed by atoms with van der Waals surface area (Å²) in [7, 11) is 0. The fourth-order valence-electron chi connectivity index (χ4n) is 1.69. The minimum absolute atomic E-state index is 0.0107. The van der Waals surface area contributed by atoms with Gasteiger partial charge < -0.3 is 10.1 Å². The molecule has 0 aromatic carbocycles. The number of carbonyl (C=O) groups is 1. The number of carbonyl (C=O) groups excluding carboxylic acids is 1. The second kappa shape index (κ2) is 5.50. The first-order chi connectivity index (χ1) is 7.00. The third-order valence-electron chi connectivity index (χ3n) is 3.19. The molecular weight excluding hydrogens is 190 g/mol. The molecule has 15 heavy (non-hydrogen) atoms. The van der Waals surface area contributed by atoms with E-state index in [-0.39, 0.29) is 18.1 Å². The van der Waals surface area contributed by atoms with Gasteiger partial charge in [0.2, 0.25) is 0 Å². The molecule has 3 unspecified atom stereocenters. The molecule has 0 aliphatic carbocycles. The van der Waals surface area contributed by atoms with E-state index in [4.69, 9.17) is 4.74 Å². The van der Waals surface area contributed by atoms with E-state index in [1.807, 2.05) is 6.92 Å². The van der Waals surface area contributed by atoms with Crippen molar-refractivity contribution in [2.45, 2.75) is 52.7 Å². The summed E-state index contributed by atoms with van der Waals surface area (Å²) >= 11 is 0. The monoisotopic (exact) mass is 213 g/mol. The van der Waals surface area contributed by atoms with E-state index < -0.39 is 0 Å². The summed E-state index contributed by atoms with van der Waals surface area (Å²) in [5, 5.41) is 3.22. The van der Waals surface area contributed by atoms with E-state index in [0.29, 0.717) is 11.8 Å². The lowest BCUT2D eigenvalue weighted by atomic mass is 9.94. The molecule has 0 aromatic heterocycles. The van der Waals surface area contributed by atoms with E-state index in [9.17, 15) is 4.79 Å². The molecule has 1 heterocycles. The molecule has 0 radical (unpaired) electrons. The summed E-state index contributed by atoms with van der Waals surface area (Å²) in [5.41, 5.74) is 0. The smallest absolute Gasteiger partial charge is 0.323 e. The number of ether oxygens (including phenoxy) is 1. The summed E-state index contributed by atoms with van der Waals surface area (Å²) in [6, 6.07) is -0.0880. The maximum Gasteiger partial charge on any atom is 0.323 e. The van der Waals surface area contributed by atoms with Crippen molar-refractivity contribution in [1.29, 1.82) is 0 Å². The standard InChI is InChI=1S/C12H23NO2/c1-8(2)10(4)15-12(14)11-7-9(3)5-6-13-11/h8-11,13H,5-7H2,1-4H3. The van der Waals surface area contributed by atoms with Crippen LogP contribution in [0.25, 0.3) is 0 Å². The number of esters is 1. The van der Waals surface area contributed by atoms with E-state index in [0.717, 1.165) is 19.4 Å². The zero-order valence-electron chi connectivity index (χ0n) is 10.2. The highest BCUT2D eigenvalue weighted by Gasteiger charge is 2.27. The van der Waals surface area contributed by atoms with Crippen LogP contribution in [0.3, 0.4) is 0 Å². The third kappa shape index (κ3) is 3.82. The van der Waals surface area contributed by atoms with Crippen molar-refractivity contribution in [1.82, 2.24) is 5.32 Å². The molecule has 3 nitrogen and oxygen atoms in total. The Morgan fingerprint density at radius 2 is 2.07 bits per heavy atom. The lowest BCUT2D eigenvalue weighted by Gasteiger charge is -2.28. The topological polar surface area (TPSA) is 38.3 Å². The van der Waals surface area contributed by atoms with Crippen LogP contribution in [0.5, 0.6) is 0 Å². The molecule has 3 atom stereocenters. The Balaban J connectivity index is 2.39. The van der Waals surface area contributed by atoms with Crippen LogP contribution in [0.4, 0.5) is 0 Å². The highest BCUT2D eigenvalue weighted by molar-refractivity contribution is 5.76. The summed E-state index contributed by atoms with van der Waals surface area (Å²) in [5.74, 6) is 0.927. The van der Waals surface area contributed by atoms with Gasteiger partial charge >= 0.3 is 5.97 Å². The fraction of sp³-hybridized carbons (Fsp3) is 0.917. The molecule has 1 rings (SSSR count). The molecule has 0 bridgehead atoms. The largest absolute Gasteiger partial charge is 0.461 e. The molecule has 3 heteroatoms. The predicted molar refractivity (Wildman–Crippen MR) is 60.6 cm³/mol. The number of rotatable bonds is 3. The van der Waals surface area contributed by atoms with Gasteiger partial charge in [0.15, 0.2) is 0 Å². The second-order valence-corrected chi connectivity index (χ2v) is 5.02. The van der Waals surface area contributed by atoms with Gasteiger partial charge in [-0.1, -0.05) is 20.8 Å². The van der Waals surface area contributed by atoms with Gasteiger partial charge in [-0.15, -0.1) is 0 Å². The lowest BCUT2D eigenvalue weighted by Crippen LogP contribution is -2.45. The summed E-state index contributed by atoms with van der Waals surface area (Å²) < 4.78 is 5.40. The minimum Gasteiger partial charge on any atom is -0.461 e. The van der Waals surface area contributed by atoms with Crippen molar-refractivity contribution in [2.24, 2.45) is 11.8 Å². The maximum absolute atomic E-state index is 11.8. The van der Waals surface area contributed by atoms with Crippen molar-refractivity contribution in [3.05, 3.63) is 0 Å². The first-order valence-electron chi connectivity index (χ1n) is 5.94. The van der Waals surface area contributed by atoms with Crippen molar-refractivity contribution in [2.75, 3.05) is 6.54 Å². The highest BCUT2D eigenvalue weighted by atomic mass is 16.5. The molecule has 1 aliphatic rings. The van der Waals surface area contributed by atoms with Crippen LogP contribution in [0.1, 0.15) is 40.5 Å². The average molecular weight is 213 g/mol. The molecule has 0 amide bonds. The van der Waals surface area contributed by atoms with E-state index in [2.05, 4.69) is 26.1 Å². The maximum atomic E-state index is 11.8. The Morgan fingerprint density at radius 3 is 2.60 bits per heavy atom. The van der Waals surface area contributed by atoms with Crippen LogP contribution >= 0.6 is 0 Å². The van der Waals surface area contributed by atoms with Gasteiger partial charge in [0.25, 0.3) is 0 Å². The molecule has 1 saturated heterocycles. The van der Waals surface area contributed by atoms with E-state index in [1.54, 1.807) is 0 Å². The Kier molecular flexibility index (Phi) is 4.58. The minimum atomic E-state index is -0.0880. The molecular formula is C12H23NO2. The molecule has 1 fully saturated rings. The average Bonchev–Trinajstić information content (AvgIpc) is 2.17. The van der Waals surface area contributed by atoms with Crippen LogP contribution in [-0.2, 0) is 9.53 Å². The van der Waals surface area contributed by atoms with Gasteiger partial charge in [0, 0.05) is 0 Å². The van der Waals surface area contributed by atoms with Gasteiger partial charge in [0.1, 0.15) is 12.1 Å². The SMILES string of the molecule is CC1CCNC(C(=O)OC(C)C(C)C)C1. The zero-order valence-corrected chi connectivity index (χ0v) is 10.2. The number of hydrogen-bond acceptors (Lipinski definition) is 3. The summed E-state index contributed by atoms with van der Waals surface area (Å²) in [4.78, 5) is 11.8. The van der Waals surface area contributed by atoms with Crippen molar-refractivity contribution in [3.8, 4) is 0 Å². The molecule has 0 aromatic rings.